The van der Waals surface area contributed by atoms with Crippen LogP contribution in [0.3, 0.4) is 0 Å². The van der Waals surface area contributed by atoms with Crippen LogP contribution in [0.1, 0.15) is 49.2 Å². The molecule has 1 saturated carbocycles. The molecule has 5 rings (SSSR count). The van der Waals surface area contributed by atoms with E-state index in [9.17, 15) is 18.0 Å². The highest BCUT2D eigenvalue weighted by molar-refractivity contribution is 6.31. The summed E-state index contributed by atoms with van der Waals surface area (Å²) in [6.07, 6.45) is 2.99. The van der Waals surface area contributed by atoms with Gasteiger partial charge in [0.25, 0.3) is 0 Å². The monoisotopic (exact) mass is 505 g/mol. The van der Waals surface area contributed by atoms with Crippen LogP contribution in [-0.2, 0) is 23.8 Å². The number of carbonyl (C=O) groups excluding carboxylic acids is 1. The van der Waals surface area contributed by atoms with Gasteiger partial charge in [0.15, 0.2) is 0 Å². The number of alkyl halides is 3. The van der Waals surface area contributed by atoms with Gasteiger partial charge in [0.05, 0.1) is 17.5 Å². The van der Waals surface area contributed by atoms with Crippen LogP contribution in [0.4, 0.5) is 18.9 Å². The molecular weight excluding hydrogens is 479 g/mol. The van der Waals surface area contributed by atoms with Crippen molar-refractivity contribution >= 4 is 34.1 Å². The number of amides is 1. The summed E-state index contributed by atoms with van der Waals surface area (Å²) in [4.78, 5) is 24.0. The van der Waals surface area contributed by atoms with E-state index in [0.717, 1.165) is 56.0 Å². The molecule has 1 aromatic carbocycles. The van der Waals surface area contributed by atoms with Crippen LogP contribution in [0.25, 0.3) is 10.9 Å². The van der Waals surface area contributed by atoms with E-state index in [4.69, 9.17) is 11.6 Å². The second kappa shape index (κ2) is 9.68. The van der Waals surface area contributed by atoms with E-state index in [1.165, 1.54) is 12.1 Å². The van der Waals surface area contributed by atoms with E-state index in [1.807, 2.05) is 0 Å². The summed E-state index contributed by atoms with van der Waals surface area (Å²) in [7, 11) is 0. The zero-order valence-corrected chi connectivity index (χ0v) is 19.8. The van der Waals surface area contributed by atoms with Gasteiger partial charge < -0.3 is 15.6 Å². The molecule has 0 aliphatic heterocycles. The molecule has 2 aliphatic rings. The van der Waals surface area contributed by atoms with Crippen molar-refractivity contribution in [1.82, 2.24) is 20.3 Å². The van der Waals surface area contributed by atoms with E-state index in [0.29, 0.717) is 35.0 Å². The molecule has 1 amide bonds. The first-order valence-corrected chi connectivity index (χ1v) is 12.4. The Morgan fingerprint density at radius 3 is 2.71 bits per heavy atom. The van der Waals surface area contributed by atoms with E-state index in [-0.39, 0.29) is 23.4 Å². The summed E-state index contributed by atoms with van der Waals surface area (Å²) in [6, 6.07) is 5.87. The van der Waals surface area contributed by atoms with Crippen molar-refractivity contribution in [2.45, 2.75) is 57.2 Å². The van der Waals surface area contributed by atoms with Crippen molar-refractivity contribution < 1.29 is 18.0 Å². The van der Waals surface area contributed by atoms with Gasteiger partial charge in [0, 0.05) is 46.7 Å². The number of H-pyrrole nitrogens is 1. The van der Waals surface area contributed by atoms with Crippen molar-refractivity contribution in [1.29, 1.82) is 0 Å². The second-order valence-electron chi connectivity index (χ2n) is 9.59. The van der Waals surface area contributed by atoms with Gasteiger partial charge in [-0.1, -0.05) is 11.6 Å². The minimum atomic E-state index is -4.53. The lowest BCUT2D eigenvalue weighted by molar-refractivity contribution is -0.140. The summed E-state index contributed by atoms with van der Waals surface area (Å²) in [6.45, 7) is 0.550. The molecule has 1 atom stereocenters. The minimum absolute atomic E-state index is 0.0306. The van der Waals surface area contributed by atoms with Gasteiger partial charge in [-0.2, -0.15) is 13.2 Å². The highest BCUT2D eigenvalue weighted by atomic mass is 35.5. The predicted molar refractivity (Wildman–Crippen MR) is 128 cm³/mol. The fourth-order valence-corrected chi connectivity index (χ4v) is 5.37. The molecule has 3 N–H and O–H groups in total. The maximum atomic E-state index is 13.4. The third-order valence-electron chi connectivity index (χ3n) is 7.19. The van der Waals surface area contributed by atoms with Crippen molar-refractivity contribution in [3.8, 4) is 0 Å². The number of nitrogens with one attached hydrogen (secondary N) is 3. The quantitative estimate of drug-likeness (QED) is 0.426. The van der Waals surface area contributed by atoms with Crippen LogP contribution in [0.2, 0.25) is 5.02 Å². The summed E-state index contributed by atoms with van der Waals surface area (Å²) in [5.74, 6) is 0.380. The molecule has 0 radical (unpaired) electrons. The lowest BCUT2D eigenvalue weighted by Crippen LogP contribution is -2.42. The summed E-state index contributed by atoms with van der Waals surface area (Å²) < 4.78 is 40.1. The van der Waals surface area contributed by atoms with Gasteiger partial charge in [-0.3, -0.25) is 4.79 Å². The third kappa shape index (κ3) is 5.39. The Balaban J connectivity index is 1.16. The fourth-order valence-electron chi connectivity index (χ4n) is 5.20. The lowest BCUT2D eigenvalue weighted by atomic mass is 9.84. The summed E-state index contributed by atoms with van der Waals surface area (Å²) >= 11 is 6.08. The number of hydrogen-bond acceptors (Lipinski definition) is 4. The second-order valence-corrected chi connectivity index (χ2v) is 10.0. The van der Waals surface area contributed by atoms with Crippen LogP contribution in [0.15, 0.2) is 30.6 Å². The SMILES string of the molecule is O=C(N[C@H]1CC[C@@H](CNc2cc(C(F)(F)F)nc3ccc(Cl)cc23)CC1)C1CCc2nc[nH]c2C1. The number of aromatic nitrogens is 3. The van der Waals surface area contributed by atoms with Gasteiger partial charge in [0.1, 0.15) is 5.69 Å². The highest BCUT2D eigenvalue weighted by Gasteiger charge is 2.34. The number of aromatic amines is 1. The van der Waals surface area contributed by atoms with Gasteiger partial charge in [-0.05, 0) is 68.7 Å². The van der Waals surface area contributed by atoms with Gasteiger partial charge in [-0.25, -0.2) is 9.97 Å². The van der Waals surface area contributed by atoms with E-state index < -0.39 is 11.9 Å². The number of rotatable bonds is 5. The molecule has 3 aromatic rings. The molecule has 0 spiro atoms. The Morgan fingerprint density at radius 1 is 1.14 bits per heavy atom. The largest absolute Gasteiger partial charge is 0.433 e. The first-order valence-electron chi connectivity index (χ1n) is 12.0. The highest BCUT2D eigenvalue weighted by Crippen LogP contribution is 2.35. The Labute approximate surface area is 206 Å². The third-order valence-corrected chi connectivity index (χ3v) is 7.43. The van der Waals surface area contributed by atoms with E-state index in [1.54, 1.807) is 12.4 Å². The smallest absolute Gasteiger partial charge is 0.384 e. The molecule has 186 valence electrons. The molecule has 1 unspecified atom stereocenters. The van der Waals surface area contributed by atoms with Crippen LogP contribution in [-0.4, -0.2) is 33.4 Å². The zero-order valence-electron chi connectivity index (χ0n) is 19.1. The van der Waals surface area contributed by atoms with Crippen LogP contribution >= 0.6 is 11.6 Å². The number of fused-ring (bicyclic) bond motifs is 2. The first kappa shape index (κ1) is 23.9. The maximum Gasteiger partial charge on any atom is 0.433 e. The van der Waals surface area contributed by atoms with Gasteiger partial charge in [0.2, 0.25) is 5.91 Å². The molecule has 35 heavy (non-hydrogen) atoms. The number of benzene rings is 1. The van der Waals surface area contributed by atoms with E-state index in [2.05, 4.69) is 25.6 Å². The molecule has 1 fully saturated rings. The Kier molecular flexibility index (Phi) is 6.61. The van der Waals surface area contributed by atoms with Crippen LogP contribution in [0.5, 0.6) is 0 Å². The van der Waals surface area contributed by atoms with Crippen molar-refractivity contribution in [2.24, 2.45) is 11.8 Å². The minimum Gasteiger partial charge on any atom is -0.384 e. The predicted octanol–water partition coefficient (Wildman–Crippen LogP) is 5.52. The normalized spacial score (nSPS) is 22.6. The van der Waals surface area contributed by atoms with Crippen molar-refractivity contribution in [2.75, 3.05) is 11.9 Å². The molecule has 10 heteroatoms. The number of imidazole rings is 1. The molecule has 0 bridgehead atoms. The number of nitrogens with zero attached hydrogens (tertiary/aromatic N) is 2. The molecule has 2 aromatic heterocycles. The molecule has 0 saturated heterocycles. The number of hydrogen-bond donors (Lipinski definition) is 3. The van der Waals surface area contributed by atoms with Crippen LogP contribution in [0, 0.1) is 11.8 Å². The molecule has 2 aliphatic carbocycles. The Bertz CT molecular complexity index is 1220. The number of anilines is 1. The maximum absolute atomic E-state index is 13.4. The van der Waals surface area contributed by atoms with Crippen LogP contribution < -0.4 is 10.6 Å². The molecular formula is C25H27ClF3N5O. The van der Waals surface area contributed by atoms with Gasteiger partial charge in [-0.15, -0.1) is 0 Å². The molecule has 2 heterocycles. The zero-order chi connectivity index (χ0) is 24.6. The average Bonchev–Trinajstić information content (AvgIpc) is 3.31. The van der Waals surface area contributed by atoms with E-state index >= 15 is 0 Å². The number of halogens is 4. The first-order chi connectivity index (χ1) is 16.8. The average molecular weight is 506 g/mol. The number of pyridine rings is 1. The Hall–Kier alpha value is -2.81. The standard InChI is InChI=1S/C25H27ClF3N5O/c26-16-4-8-19-18(10-16)21(11-23(34-19)25(27,28)29)30-12-14-1-5-17(6-2-14)33-24(35)15-3-7-20-22(9-15)32-13-31-20/h4,8,10-11,13-15,17H,1-3,5-7,9,12H2,(H,30,34)(H,31,32)(H,33,35)/t14-,15?,17+. The summed E-state index contributed by atoms with van der Waals surface area (Å²) in [5, 5.41) is 7.45. The number of aryl methyl sites for hydroxylation is 1. The van der Waals surface area contributed by atoms with Crippen molar-refractivity contribution in [3.05, 3.63) is 52.7 Å². The Morgan fingerprint density at radius 2 is 1.94 bits per heavy atom. The number of carbonyl (C=O) groups is 1. The fraction of sp³-hybridized carbons (Fsp3) is 0.480. The lowest BCUT2D eigenvalue weighted by Gasteiger charge is -2.31. The topological polar surface area (TPSA) is 82.7 Å². The molecule has 6 nitrogen and oxygen atoms in total. The summed E-state index contributed by atoms with van der Waals surface area (Å²) in [5.41, 5.74) is 1.84. The van der Waals surface area contributed by atoms with Crippen molar-refractivity contribution in [3.63, 3.8) is 0 Å². The van der Waals surface area contributed by atoms with Gasteiger partial charge >= 0.3 is 6.18 Å².